The number of hydrogen-bond donors (Lipinski definition) is 1. The molecular weight excluding hydrogens is 226 g/mol. The molecule has 0 radical (unpaired) electrons. The second-order valence-corrected chi connectivity index (χ2v) is 4.39. The van der Waals surface area contributed by atoms with Gasteiger partial charge in [-0.2, -0.15) is 0 Å². The zero-order valence-corrected chi connectivity index (χ0v) is 12.0. The molecular formula is C14H25N3O. The van der Waals surface area contributed by atoms with Crippen molar-refractivity contribution in [2.24, 2.45) is 0 Å². The van der Waals surface area contributed by atoms with E-state index in [4.69, 9.17) is 4.74 Å². The Morgan fingerprint density at radius 3 is 2.50 bits per heavy atom. The number of aryl methyl sites for hydroxylation is 1. The Balaban J connectivity index is 2.83. The second kappa shape index (κ2) is 8.03. The number of nitrogens with zero attached hydrogens (tertiary/aromatic N) is 2. The lowest BCUT2D eigenvalue weighted by Crippen LogP contribution is -2.11. The Hall–Kier alpha value is -1.16. The van der Waals surface area contributed by atoms with Crippen molar-refractivity contribution >= 4 is 5.82 Å². The highest BCUT2D eigenvalue weighted by molar-refractivity contribution is 5.45. The van der Waals surface area contributed by atoms with Crippen molar-refractivity contribution in [1.29, 1.82) is 0 Å². The molecule has 0 aliphatic rings. The van der Waals surface area contributed by atoms with Crippen LogP contribution < -0.4 is 5.32 Å². The smallest absolute Gasteiger partial charge is 0.156 e. The van der Waals surface area contributed by atoms with Gasteiger partial charge in [0.2, 0.25) is 0 Å². The van der Waals surface area contributed by atoms with Gasteiger partial charge in [-0.05, 0) is 26.2 Å². The van der Waals surface area contributed by atoms with Crippen LogP contribution in [0.1, 0.15) is 50.7 Å². The van der Waals surface area contributed by atoms with Gasteiger partial charge < -0.3 is 10.1 Å². The van der Waals surface area contributed by atoms with Crippen LogP contribution in [0.2, 0.25) is 0 Å². The Bertz CT molecular complexity index is 366. The van der Waals surface area contributed by atoms with Crippen LogP contribution in [0.25, 0.3) is 0 Å². The quantitative estimate of drug-likeness (QED) is 0.721. The topological polar surface area (TPSA) is 47.0 Å². The summed E-state index contributed by atoms with van der Waals surface area (Å²) in [7, 11) is 0. The van der Waals surface area contributed by atoms with E-state index in [1.165, 1.54) is 0 Å². The van der Waals surface area contributed by atoms with Crippen molar-refractivity contribution in [3.63, 3.8) is 0 Å². The van der Waals surface area contributed by atoms with Gasteiger partial charge in [-0.15, -0.1) is 0 Å². The Kier molecular flexibility index (Phi) is 6.65. The fourth-order valence-electron chi connectivity index (χ4n) is 1.75. The molecule has 1 aromatic rings. The molecule has 0 saturated heterocycles. The normalized spacial score (nSPS) is 10.7. The summed E-state index contributed by atoms with van der Waals surface area (Å²) in [6, 6.07) is 0. The van der Waals surface area contributed by atoms with E-state index in [0.717, 1.165) is 55.3 Å². The number of aromatic nitrogens is 2. The fourth-order valence-corrected chi connectivity index (χ4v) is 1.75. The van der Waals surface area contributed by atoms with E-state index >= 15 is 0 Å². The lowest BCUT2D eigenvalue weighted by molar-refractivity contribution is 0.116. The first kappa shape index (κ1) is 14.9. The number of rotatable bonds is 8. The molecule has 1 N–H and O–H groups in total. The van der Waals surface area contributed by atoms with Crippen molar-refractivity contribution < 1.29 is 4.74 Å². The minimum atomic E-state index is 0.502. The minimum Gasteiger partial charge on any atom is -0.373 e. The first-order valence-corrected chi connectivity index (χ1v) is 6.90. The van der Waals surface area contributed by atoms with Gasteiger partial charge in [-0.25, -0.2) is 9.97 Å². The van der Waals surface area contributed by atoms with Gasteiger partial charge in [-0.3, -0.25) is 0 Å². The summed E-state index contributed by atoms with van der Waals surface area (Å²) in [5.41, 5.74) is 2.27. The monoisotopic (exact) mass is 251 g/mol. The highest BCUT2D eigenvalue weighted by Crippen LogP contribution is 2.16. The molecule has 0 fully saturated rings. The van der Waals surface area contributed by atoms with Gasteiger partial charge in [0, 0.05) is 24.4 Å². The van der Waals surface area contributed by atoms with Gasteiger partial charge in [0.15, 0.2) is 5.82 Å². The van der Waals surface area contributed by atoms with Crippen molar-refractivity contribution in [2.45, 2.75) is 53.6 Å². The van der Waals surface area contributed by atoms with E-state index in [-0.39, 0.29) is 0 Å². The Labute approximate surface area is 110 Å². The summed E-state index contributed by atoms with van der Waals surface area (Å²) in [6.07, 6.45) is 3.04. The molecule has 0 unspecified atom stereocenters. The van der Waals surface area contributed by atoms with Crippen LogP contribution in [0.3, 0.4) is 0 Å². The predicted molar refractivity (Wildman–Crippen MR) is 74.9 cm³/mol. The fraction of sp³-hybridized carbons (Fsp3) is 0.714. The molecule has 0 atom stereocenters. The van der Waals surface area contributed by atoms with Crippen molar-refractivity contribution in [3.8, 4) is 0 Å². The van der Waals surface area contributed by atoms with E-state index < -0.39 is 0 Å². The SMILES string of the molecule is CCCNc1nc(COCCC)nc(CC)c1C. The van der Waals surface area contributed by atoms with Crippen molar-refractivity contribution in [1.82, 2.24) is 9.97 Å². The van der Waals surface area contributed by atoms with Crippen LogP contribution in [0.15, 0.2) is 0 Å². The minimum absolute atomic E-state index is 0.502. The second-order valence-electron chi connectivity index (χ2n) is 4.39. The molecule has 0 aromatic carbocycles. The molecule has 0 saturated carbocycles. The summed E-state index contributed by atoms with van der Waals surface area (Å²) in [4.78, 5) is 9.10. The van der Waals surface area contributed by atoms with Crippen LogP contribution in [-0.4, -0.2) is 23.1 Å². The van der Waals surface area contributed by atoms with Gasteiger partial charge in [0.25, 0.3) is 0 Å². The number of hydrogen-bond acceptors (Lipinski definition) is 4. The third kappa shape index (κ3) is 4.26. The standard InChI is InChI=1S/C14H25N3O/c1-5-8-15-14-11(4)12(7-3)16-13(17-14)10-18-9-6-2/h5-10H2,1-4H3,(H,15,16,17). The van der Waals surface area contributed by atoms with Crippen LogP contribution in [0.5, 0.6) is 0 Å². The highest BCUT2D eigenvalue weighted by atomic mass is 16.5. The largest absolute Gasteiger partial charge is 0.373 e. The molecule has 4 nitrogen and oxygen atoms in total. The Morgan fingerprint density at radius 2 is 1.89 bits per heavy atom. The number of nitrogens with one attached hydrogen (secondary N) is 1. The maximum absolute atomic E-state index is 5.51. The van der Waals surface area contributed by atoms with Crippen LogP contribution in [-0.2, 0) is 17.8 Å². The third-order valence-corrected chi connectivity index (χ3v) is 2.75. The molecule has 0 aliphatic carbocycles. The average Bonchev–Trinajstić information content (AvgIpc) is 2.39. The lowest BCUT2D eigenvalue weighted by Gasteiger charge is -2.13. The molecule has 1 aromatic heterocycles. The molecule has 0 aliphatic heterocycles. The maximum atomic E-state index is 5.51. The first-order valence-electron chi connectivity index (χ1n) is 6.90. The number of anilines is 1. The zero-order chi connectivity index (χ0) is 13.4. The summed E-state index contributed by atoms with van der Waals surface area (Å²) in [5, 5.41) is 3.36. The van der Waals surface area contributed by atoms with E-state index in [9.17, 15) is 0 Å². The maximum Gasteiger partial charge on any atom is 0.156 e. The summed E-state index contributed by atoms with van der Waals surface area (Å²) in [6.45, 7) is 10.6. The molecule has 1 rings (SSSR count). The molecule has 0 bridgehead atoms. The average molecular weight is 251 g/mol. The van der Waals surface area contributed by atoms with Crippen LogP contribution >= 0.6 is 0 Å². The Morgan fingerprint density at radius 1 is 1.11 bits per heavy atom. The highest BCUT2D eigenvalue weighted by Gasteiger charge is 2.09. The molecule has 1 heterocycles. The van der Waals surface area contributed by atoms with Crippen molar-refractivity contribution in [3.05, 3.63) is 17.1 Å². The third-order valence-electron chi connectivity index (χ3n) is 2.75. The predicted octanol–water partition coefficient (Wildman–Crippen LogP) is 3.10. The summed E-state index contributed by atoms with van der Waals surface area (Å²) >= 11 is 0. The van der Waals surface area contributed by atoms with E-state index in [2.05, 4.69) is 43.0 Å². The van der Waals surface area contributed by atoms with Crippen molar-refractivity contribution in [2.75, 3.05) is 18.5 Å². The first-order chi connectivity index (χ1) is 8.72. The van der Waals surface area contributed by atoms with E-state index in [0.29, 0.717) is 6.61 Å². The van der Waals surface area contributed by atoms with Crippen LogP contribution in [0, 0.1) is 6.92 Å². The summed E-state index contributed by atoms with van der Waals surface area (Å²) < 4.78 is 5.51. The van der Waals surface area contributed by atoms with Crippen LogP contribution in [0.4, 0.5) is 5.82 Å². The van der Waals surface area contributed by atoms with Gasteiger partial charge in [0.1, 0.15) is 12.4 Å². The zero-order valence-electron chi connectivity index (χ0n) is 12.0. The number of ether oxygens (including phenoxy) is 1. The van der Waals surface area contributed by atoms with Gasteiger partial charge >= 0.3 is 0 Å². The molecule has 0 amide bonds. The lowest BCUT2D eigenvalue weighted by atomic mass is 10.2. The van der Waals surface area contributed by atoms with E-state index in [1.54, 1.807) is 0 Å². The molecule has 18 heavy (non-hydrogen) atoms. The molecule has 4 heteroatoms. The summed E-state index contributed by atoms with van der Waals surface area (Å²) in [5.74, 6) is 1.74. The van der Waals surface area contributed by atoms with Gasteiger partial charge in [0.05, 0.1) is 0 Å². The van der Waals surface area contributed by atoms with E-state index in [1.807, 2.05) is 0 Å². The molecule has 102 valence electrons. The molecule has 0 spiro atoms. The van der Waals surface area contributed by atoms with Gasteiger partial charge in [-0.1, -0.05) is 20.8 Å².